The molecule has 3 heterocycles. The number of nitrogens with one attached hydrogen (secondary N) is 1. The Labute approximate surface area is 198 Å². The number of thiophene rings is 1. The number of hydrogen-bond donors (Lipinski definition) is 1. The van der Waals surface area contributed by atoms with Crippen molar-refractivity contribution in [1.29, 1.82) is 0 Å². The van der Waals surface area contributed by atoms with Crippen LogP contribution in [-0.4, -0.2) is 50.3 Å². The van der Waals surface area contributed by atoms with E-state index in [1.165, 1.54) is 16.9 Å². The SMILES string of the molecule is COc1ccccc1CN1CCC(NC(=O)c2ccc(-c3ccc4c(c3)OCCO4)s2)CC1. The molecule has 1 aromatic heterocycles. The first kappa shape index (κ1) is 21.8. The van der Waals surface area contributed by atoms with Gasteiger partial charge in [0.05, 0.1) is 12.0 Å². The van der Waals surface area contributed by atoms with Gasteiger partial charge >= 0.3 is 0 Å². The zero-order chi connectivity index (χ0) is 22.6. The van der Waals surface area contributed by atoms with Crippen LogP contribution in [0.4, 0.5) is 0 Å². The summed E-state index contributed by atoms with van der Waals surface area (Å²) in [5.74, 6) is 2.47. The van der Waals surface area contributed by atoms with Gasteiger partial charge in [-0.25, -0.2) is 0 Å². The summed E-state index contributed by atoms with van der Waals surface area (Å²) in [5.41, 5.74) is 2.24. The lowest BCUT2D eigenvalue weighted by molar-refractivity contribution is 0.0913. The van der Waals surface area contributed by atoms with Crippen LogP contribution in [-0.2, 0) is 6.54 Å². The van der Waals surface area contributed by atoms with Gasteiger partial charge in [0.15, 0.2) is 11.5 Å². The second-order valence-corrected chi connectivity index (χ2v) is 9.44. The Morgan fingerprint density at radius 3 is 2.67 bits per heavy atom. The minimum Gasteiger partial charge on any atom is -0.496 e. The number of piperidine rings is 1. The Morgan fingerprint density at radius 2 is 1.85 bits per heavy atom. The zero-order valence-corrected chi connectivity index (χ0v) is 19.5. The van der Waals surface area contributed by atoms with Crippen LogP contribution >= 0.6 is 11.3 Å². The van der Waals surface area contributed by atoms with Gasteiger partial charge in [-0.3, -0.25) is 9.69 Å². The molecule has 0 atom stereocenters. The molecule has 1 N–H and O–H groups in total. The number of methoxy groups -OCH3 is 1. The molecule has 0 aliphatic carbocycles. The monoisotopic (exact) mass is 464 g/mol. The average Bonchev–Trinajstić information content (AvgIpc) is 3.36. The lowest BCUT2D eigenvalue weighted by Crippen LogP contribution is -2.44. The Morgan fingerprint density at radius 1 is 1.06 bits per heavy atom. The van der Waals surface area contributed by atoms with Crippen molar-refractivity contribution in [1.82, 2.24) is 10.2 Å². The number of rotatable bonds is 6. The molecular weight excluding hydrogens is 436 g/mol. The topological polar surface area (TPSA) is 60.0 Å². The van der Waals surface area contributed by atoms with Crippen molar-refractivity contribution in [2.24, 2.45) is 0 Å². The highest BCUT2D eigenvalue weighted by Gasteiger charge is 2.23. The van der Waals surface area contributed by atoms with E-state index in [0.29, 0.717) is 13.2 Å². The van der Waals surface area contributed by atoms with Gasteiger partial charge < -0.3 is 19.5 Å². The summed E-state index contributed by atoms with van der Waals surface area (Å²) in [4.78, 5) is 17.1. The lowest BCUT2D eigenvalue weighted by Gasteiger charge is -2.32. The van der Waals surface area contributed by atoms with Crippen molar-refractivity contribution in [2.45, 2.75) is 25.4 Å². The second-order valence-electron chi connectivity index (χ2n) is 8.36. The molecule has 6 nitrogen and oxygen atoms in total. The van der Waals surface area contributed by atoms with E-state index in [2.05, 4.69) is 16.3 Å². The number of fused-ring (bicyclic) bond motifs is 1. The Hall–Kier alpha value is -3.03. The minimum absolute atomic E-state index is 0.00646. The van der Waals surface area contributed by atoms with Crippen LogP contribution in [0.2, 0.25) is 0 Å². The van der Waals surface area contributed by atoms with Crippen LogP contribution in [0.3, 0.4) is 0 Å². The van der Waals surface area contributed by atoms with E-state index in [0.717, 1.165) is 65.0 Å². The zero-order valence-electron chi connectivity index (χ0n) is 18.7. The maximum absolute atomic E-state index is 12.9. The van der Waals surface area contributed by atoms with Crippen molar-refractivity contribution in [3.63, 3.8) is 0 Å². The molecule has 2 aliphatic heterocycles. The second kappa shape index (κ2) is 9.85. The summed E-state index contributed by atoms with van der Waals surface area (Å²) in [6, 6.07) is 18.2. The van der Waals surface area contributed by atoms with Gasteiger partial charge in [-0.1, -0.05) is 18.2 Å². The van der Waals surface area contributed by atoms with Crippen molar-refractivity contribution in [3.05, 3.63) is 65.0 Å². The van der Waals surface area contributed by atoms with Gasteiger partial charge in [-0.15, -0.1) is 11.3 Å². The minimum atomic E-state index is 0.00646. The molecule has 0 spiro atoms. The third-order valence-electron chi connectivity index (χ3n) is 6.17. The highest BCUT2D eigenvalue weighted by molar-refractivity contribution is 7.17. The van der Waals surface area contributed by atoms with E-state index >= 15 is 0 Å². The van der Waals surface area contributed by atoms with Crippen molar-refractivity contribution < 1.29 is 19.0 Å². The fourth-order valence-electron chi connectivity index (χ4n) is 4.38. The summed E-state index contributed by atoms with van der Waals surface area (Å²) < 4.78 is 16.8. The first-order valence-corrected chi connectivity index (χ1v) is 12.2. The molecule has 5 rings (SSSR count). The molecule has 2 aromatic carbocycles. The molecule has 0 radical (unpaired) electrons. The molecule has 2 aliphatic rings. The highest BCUT2D eigenvalue weighted by Crippen LogP contribution is 2.37. The van der Waals surface area contributed by atoms with E-state index < -0.39 is 0 Å². The molecule has 3 aromatic rings. The Kier molecular flexibility index (Phi) is 6.51. The molecule has 0 unspecified atom stereocenters. The molecule has 172 valence electrons. The maximum Gasteiger partial charge on any atom is 0.261 e. The lowest BCUT2D eigenvalue weighted by atomic mass is 10.0. The van der Waals surface area contributed by atoms with Crippen molar-refractivity contribution in [3.8, 4) is 27.7 Å². The molecular formula is C26H28N2O4S. The molecule has 1 fully saturated rings. The molecule has 0 saturated carbocycles. The average molecular weight is 465 g/mol. The van der Waals surface area contributed by atoms with E-state index in [4.69, 9.17) is 14.2 Å². The third kappa shape index (κ3) is 4.99. The number of likely N-dealkylation sites (tertiary alicyclic amines) is 1. The molecule has 7 heteroatoms. The van der Waals surface area contributed by atoms with Crippen LogP contribution in [0.25, 0.3) is 10.4 Å². The summed E-state index contributed by atoms with van der Waals surface area (Å²) in [5, 5.41) is 3.23. The molecule has 33 heavy (non-hydrogen) atoms. The number of para-hydroxylation sites is 1. The van der Waals surface area contributed by atoms with Gasteiger partial charge in [0.1, 0.15) is 19.0 Å². The van der Waals surface area contributed by atoms with Crippen molar-refractivity contribution in [2.75, 3.05) is 33.4 Å². The van der Waals surface area contributed by atoms with E-state index in [1.54, 1.807) is 7.11 Å². The van der Waals surface area contributed by atoms with Crippen LogP contribution < -0.4 is 19.5 Å². The summed E-state index contributed by atoms with van der Waals surface area (Å²) in [6.07, 6.45) is 1.89. The number of carbonyl (C=O) groups excluding carboxylic acids is 1. The molecule has 0 bridgehead atoms. The van der Waals surface area contributed by atoms with Gasteiger partial charge in [-0.05, 0) is 54.8 Å². The van der Waals surface area contributed by atoms with Crippen LogP contribution in [0.15, 0.2) is 54.6 Å². The first-order chi connectivity index (χ1) is 16.2. The third-order valence-corrected chi connectivity index (χ3v) is 7.30. The Bertz CT molecular complexity index is 1120. The number of hydrogen-bond acceptors (Lipinski definition) is 6. The first-order valence-electron chi connectivity index (χ1n) is 11.3. The number of amides is 1. The predicted octanol–water partition coefficient (Wildman–Crippen LogP) is 4.59. The van der Waals surface area contributed by atoms with Gasteiger partial charge in [0.2, 0.25) is 0 Å². The Balaban J connectivity index is 1.16. The summed E-state index contributed by atoms with van der Waals surface area (Å²) in [7, 11) is 1.71. The smallest absolute Gasteiger partial charge is 0.261 e. The fraction of sp³-hybridized carbons (Fsp3) is 0.346. The van der Waals surface area contributed by atoms with Gasteiger partial charge in [0.25, 0.3) is 5.91 Å². The fourth-order valence-corrected chi connectivity index (χ4v) is 5.28. The van der Waals surface area contributed by atoms with Crippen LogP contribution in [0.1, 0.15) is 28.1 Å². The van der Waals surface area contributed by atoms with E-state index in [-0.39, 0.29) is 11.9 Å². The van der Waals surface area contributed by atoms with E-state index in [9.17, 15) is 4.79 Å². The summed E-state index contributed by atoms with van der Waals surface area (Å²) >= 11 is 1.51. The largest absolute Gasteiger partial charge is 0.496 e. The maximum atomic E-state index is 12.9. The van der Waals surface area contributed by atoms with E-state index in [1.807, 2.05) is 48.5 Å². The highest BCUT2D eigenvalue weighted by atomic mass is 32.1. The quantitative estimate of drug-likeness (QED) is 0.578. The van der Waals surface area contributed by atoms with Gasteiger partial charge in [-0.2, -0.15) is 0 Å². The predicted molar refractivity (Wildman–Crippen MR) is 130 cm³/mol. The normalized spacial score (nSPS) is 16.4. The van der Waals surface area contributed by atoms with Crippen LogP contribution in [0, 0.1) is 0 Å². The molecule has 1 saturated heterocycles. The number of carbonyl (C=O) groups is 1. The number of ether oxygens (including phenoxy) is 3. The number of benzene rings is 2. The van der Waals surface area contributed by atoms with Crippen LogP contribution in [0.5, 0.6) is 17.2 Å². The molecule has 1 amide bonds. The summed E-state index contributed by atoms with van der Waals surface area (Å²) in [6.45, 7) is 3.92. The number of nitrogens with zero attached hydrogens (tertiary/aromatic N) is 1. The van der Waals surface area contributed by atoms with Crippen molar-refractivity contribution >= 4 is 17.2 Å². The standard InChI is InChI=1S/C26H28N2O4S/c1-30-21-5-3-2-4-19(21)17-28-12-10-20(11-13-28)27-26(29)25-9-8-24(33-25)18-6-7-22-23(16-18)32-15-14-31-22/h2-9,16,20H,10-15,17H2,1H3,(H,27,29). The van der Waals surface area contributed by atoms with Gasteiger partial charge in [0, 0.05) is 36.1 Å².